The number of hydrogen-bond acceptors (Lipinski definition) is 5. The topological polar surface area (TPSA) is 84.7 Å². The van der Waals surface area contributed by atoms with E-state index in [4.69, 9.17) is 4.74 Å². The van der Waals surface area contributed by atoms with Crippen LogP contribution in [0.25, 0.3) is 0 Å². The maximum absolute atomic E-state index is 13.0. The molecule has 0 aromatic heterocycles. The summed E-state index contributed by atoms with van der Waals surface area (Å²) in [6.45, 7) is 3.87. The molecule has 0 aliphatic carbocycles. The zero-order valence-corrected chi connectivity index (χ0v) is 15.5. The van der Waals surface area contributed by atoms with E-state index < -0.39 is 10.8 Å². The third-order valence-electron chi connectivity index (χ3n) is 4.92. The molecule has 27 heavy (non-hydrogen) atoms. The van der Waals surface area contributed by atoms with Gasteiger partial charge in [-0.3, -0.25) is 14.9 Å². The number of benzene rings is 2. The molecular formula is C20H23N3O4. The molecule has 1 aliphatic rings. The van der Waals surface area contributed by atoms with Crippen LogP contribution in [0, 0.1) is 16.0 Å². The highest BCUT2D eigenvalue weighted by Crippen LogP contribution is 2.31. The van der Waals surface area contributed by atoms with E-state index in [1.807, 2.05) is 6.07 Å². The predicted molar refractivity (Wildman–Crippen MR) is 105 cm³/mol. The molecular weight excluding hydrogens is 346 g/mol. The van der Waals surface area contributed by atoms with Crippen LogP contribution in [-0.4, -0.2) is 31.0 Å². The maximum Gasteiger partial charge on any atom is 0.270 e. The van der Waals surface area contributed by atoms with Crippen molar-refractivity contribution in [3.63, 3.8) is 0 Å². The van der Waals surface area contributed by atoms with E-state index in [9.17, 15) is 14.9 Å². The van der Waals surface area contributed by atoms with Gasteiger partial charge in [-0.25, -0.2) is 0 Å². The summed E-state index contributed by atoms with van der Waals surface area (Å²) in [4.78, 5) is 25.8. The van der Waals surface area contributed by atoms with Crippen molar-refractivity contribution in [3.8, 4) is 5.75 Å². The van der Waals surface area contributed by atoms with Gasteiger partial charge in [0.2, 0.25) is 0 Å². The van der Waals surface area contributed by atoms with Crippen molar-refractivity contribution in [2.24, 2.45) is 5.92 Å². The van der Waals surface area contributed by atoms with E-state index >= 15 is 0 Å². The molecule has 0 unspecified atom stereocenters. The molecule has 1 aliphatic heterocycles. The number of nitro groups is 1. The van der Waals surface area contributed by atoms with Gasteiger partial charge in [0, 0.05) is 25.2 Å². The number of nitro benzene ring substituents is 1. The highest BCUT2D eigenvalue weighted by molar-refractivity contribution is 6.09. The van der Waals surface area contributed by atoms with Gasteiger partial charge in [-0.1, -0.05) is 19.1 Å². The highest BCUT2D eigenvalue weighted by atomic mass is 16.6. The van der Waals surface area contributed by atoms with Crippen molar-refractivity contribution >= 4 is 23.0 Å². The number of methoxy groups -OCH3 is 1. The summed E-state index contributed by atoms with van der Waals surface area (Å²) in [7, 11) is 1.53. The van der Waals surface area contributed by atoms with E-state index in [0.717, 1.165) is 31.6 Å². The summed E-state index contributed by atoms with van der Waals surface area (Å²) in [6, 6.07) is 11.5. The van der Waals surface area contributed by atoms with Crippen LogP contribution >= 0.6 is 0 Å². The van der Waals surface area contributed by atoms with Gasteiger partial charge < -0.3 is 15.0 Å². The van der Waals surface area contributed by atoms with Crippen LogP contribution in [0.1, 0.15) is 30.1 Å². The molecule has 0 saturated carbocycles. The van der Waals surface area contributed by atoms with Crippen molar-refractivity contribution in [3.05, 3.63) is 58.1 Å². The monoisotopic (exact) mass is 369 g/mol. The molecule has 1 N–H and O–H groups in total. The minimum atomic E-state index is -0.484. The largest absolute Gasteiger partial charge is 0.495 e. The first-order valence-corrected chi connectivity index (χ1v) is 8.97. The summed E-state index contributed by atoms with van der Waals surface area (Å²) in [5, 5.41) is 14.0. The molecule has 0 spiro atoms. The SMILES string of the molecule is COc1ccccc1NC(=O)c1cc([N+](=O)[O-])ccc1N1CCC(C)CC1. The Morgan fingerprint density at radius 2 is 1.93 bits per heavy atom. The van der Waals surface area contributed by atoms with Crippen LogP contribution in [0.4, 0.5) is 17.1 Å². The number of non-ortho nitro benzene ring substituents is 1. The number of amides is 1. The molecule has 0 bridgehead atoms. The van der Waals surface area contributed by atoms with Gasteiger partial charge in [0.1, 0.15) is 5.75 Å². The first-order chi connectivity index (χ1) is 13.0. The van der Waals surface area contributed by atoms with Crippen LogP contribution in [-0.2, 0) is 0 Å². The maximum atomic E-state index is 13.0. The third kappa shape index (κ3) is 4.19. The van der Waals surface area contributed by atoms with Gasteiger partial charge in [0.15, 0.2) is 0 Å². The van der Waals surface area contributed by atoms with Gasteiger partial charge in [-0.05, 0) is 37.0 Å². The van der Waals surface area contributed by atoms with Crippen LogP contribution in [0.2, 0.25) is 0 Å². The smallest absolute Gasteiger partial charge is 0.270 e. The fourth-order valence-corrected chi connectivity index (χ4v) is 3.28. The lowest BCUT2D eigenvalue weighted by molar-refractivity contribution is -0.384. The number of piperidine rings is 1. The van der Waals surface area contributed by atoms with Gasteiger partial charge in [0.05, 0.1) is 29.0 Å². The average Bonchev–Trinajstić information content (AvgIpc) is 2.68. The number of rotatable bonds is 5. The summed E-state index contributed by atoms with van der Waals surface area (Å²) in [5.41, 5.74) is 1.44. The molecule has 1 heterocycles. The van der Waals surface area contributed by atoms with Crippen molar-refractivity contribution in [2.45, 2.75) is 19.8 Å². The van der Waals surface area contributed by atoms with E-state index in [1.165, 1.54) is 19.2 Å². The number of hydrogen-bond donors (Lipinski definition) is 1. The molecule has 2 aromatic carbocycles. The second-order valence-corrected chi connectivity index (χ2v) is 6.78. The molecule has 2 aromatic rings. The predicted octanol–water partition coefficient (Wildman–Crippen LogP) is 4.09. The Bertz CT molecular complexity index is 845. The third-order valence-corrected chi connectivity index (χ3v) is 4.92. The molecule has 7 nitrogen and oxygen atoms in total. The van der Waals surface area contributed by atoms with Gasteiger partial charge >= 0.3 is 0 Å². The van der Waals surface area contributed by atoms with Gasteiger partial charge in [0.25, 0.3) is 11.6 Å². The number of carbonyl (C=O) groups is 1. The second kappa shape index (κ2) is 8.07. The fourth-order valence-electron chi connectivity index (χ4n) is 3.28. The first kappa shape index (κ1) is 18.7. The minimum Gasteiger partial charge on any atom is -0.495 e. The zero-order valence-electron chi connectivity index (χ0n) is 15.5. The van der Waals surface area contributed by atoms with Crippen molar-refractivity contribution in [2.75, 3.05) is 30.4 Å². The van der Waals surface area contributed by atoms with Gasteiger partial charge in [-0.15, -0.1) is 0 Å². The highest BCUT2D eigenvalue weighted by Gasteiger charge is 2.24. The van der Waals surface area contributed by atoms with E-state index in [0.29, 0.717) is 22.9 Å². The average molecular weight is 369 g/mol. The lowest BCUT2D eigenvalue weighted by Gasteiger charge is -2.33. The van der Waals surface area contributed by atoms with Crippen LogP contribution in [0.5, 0.6) is 5.75 Å². The summed E-state index contributed by atoms with van der Waals surface area (Å²) >= 11 is 0. The number of para-hydroxylation sites is 2. The number of nitrogens with zero attached hydrogens (tertiary/aromatic N) is 2. The van der Waals surface area contributed by atoms with E-state index in [1.54, 1.807) is 24.3 Å². The number of nitrogens with one attached hydrogen (secondary N) is 1. The normalized spacial score (nSPS) is 14.7. The lowest BCUT2D eigenvalue weighted by atomic mass is 9.98. The Morgan fingerprint density at radius 1 is 1.22 bits per heavy atom. The Morgan fingerprint density at radius 3 is 2.59 bits per heavy atom. The van der Waals surface area contributed by atoms with E-state index in [-0.39, 0.29) is 5.69 Å². The van der Waals surface area contributed by atoms with Crippen LogP contribution in [0.3, 0.4) is 0 Å². The van der Waals surface area contributed by atoms with Gasteiger partial charge in [-0.2, -0.15) is 0 Å². The number of ether oxygens (including phenoxy) is 1. The Balaban J connectivity index is 1.94. The lowest BCUT2D eigenvalue weighted by Crippen LogP contribution is -2.34. The Labute approximate surface area is 158 Å². The molecule has 1 saturated heterocycles. The fraction of sp³-hybridized carbons (Fsp3) is 0.350. The Kier molecular flexibility index (Phi) is 5.59. The summed E-state index contributed by atoms with van der Waals surface area (Å²) in [5.74, 6) is 0.784. The summed E-state index contributed by atoms with van der Waals surface area (Å²) in [6.07, 6.45) is 2.06. The van der Waals surface area contributed by atoms with Crippen LogP contribution in [0.15, 0.2) is 42.5 Å². The Hall–Kier alpha value is -3.09. The quantitative estimate of drug-likeness (QED) is 0.634. The molecule has 1 fully saturated rings. The first-order valence-electron chi connectivity index (χ1n) is 8.97. The minimum absolute atomic E-state index is 0.102. The standard InChI is InChI=1S/C20H23N3O4/c1-14-9-11-22(12-10-14)18-8-7-15(23(25)26)13-16(18)20(24)21-17-5-3-4-6-19(17)27-2/h3-8,13-14H,9-12H2,1-2H3,(H,21,24). The molecule has 1 amide bonds. The molecule has 0 radical (unpaired) electrons. The summed E-state index contributed by atoms with van der Waals surface area (Å²) < 4.78 is 5.27. The van der Waals surface area contributed by atoms with Crippen molar-refractivity contribution < 1.29 is 14.5 Å². The van der Waals surface area contributed by atoms with Crippen molar-refractivity contribution in [1.29, 1.82) is 0 Å². The molecule has 7 heteroatoms. The molecule has 3 rings (SSSR count). The van der Waals surface area contributed by atoms with Crippen molar-refractivity contribution in [1.82, 2.24) is 0 Å². The zero-order chi connectivity index (χ0) is 19.4. The van der Waals surface area contributed by atoms with Crippen LogP contribution < -0.4 is 15.0 Å². The molecule has 142 valence electrons. The second-order valence-electron chi connectivity index (χ2n) is 6.78. The number of anilines is 2. The van der Waals surface area contributed by atoms with E-state index in [2.05, 4.69) is 17.1 Å². The number of carbonyl (C=O) groups excluding carboxylic acids is 1. The molecule has 0 atom stereocenters.